The second-order valence-electron chi connectivity index (χ2n) is 4.04. The summed E-state index contributed by atoms with van der Waals surface area (Å²) in [6.45, 7) is -0.341. The molecule has 7 heteroatoms. The Balaban J connectivity index is 2.41. The molecule has 2 rings (SSSR count). The smallest absolute Gasteiger partial charge is 0.328 e. The number of aliphatic hydroxyl groups excluding tert-OH is 2. The van der Waals surface area contributed by atoms with Gasteiger partial charge in [0.2, 0.25) is 0 Å². The molecule has 1 unspecified atom stereocenters. The first-order valence-electron chi connectivity index (χ1n) is 4.77. The van der Waals surface area contributed by atoms with E-state index in [0.29, 0.717) is 9.99 Å². The first-order valence-corrected chi connectivity index (χ1v) is 5.84. The topological polar surface area (TPSA) is 95.3 Å². The lowest BCUT2D eigenvalue weighted by molar-refractivity contribution is 0.122. The van der Waals surface area contributed by atoms with Crippen LogP contribution in [0.3, 0.4) is 0 Å². The first kappa shape index (κ1) is 11.8. The van der Waals surface area contributed by atoms with Gasteiger partial charge >= 0.3 is 5.69 Å². The van der Waals surface area contributed by atoms with Gasteiger partial charge in [-0.2, -0.15) is 0 Å². The molecule has 16 heavy (non-hydrogen) atoms. The van der Waals surface area contributed by atoms with Crippen molar-refractivity contribution in [3.63, 3.8) is 0 Å². The molecule has 1 aliphatic carbocycles. The van der Waals surface area contributed by atoms with E-state index in [1.807, 2.05) is 22.6 Å². The summed E-state index contributed by atoms with van der Waals surface area (Å²) in [5, 5.41) is 18.3. The minimum atomic E-state index is -0.620. The predicted molar refractivity (Wildman–Crippen MR) is 64.3 cm³/mol. The highest BCUT2D eigenvalue weighted by Gasteiger charge is 2.55. The maximum atomic E-state index is 11.5. The number of aromatic amines is 1. The van der Waals surface area contributed by atoms with Crippen LogP contribution in [0.4, 0.5) is 0 Å². The summed E-state index contributed by atoms with van der Waals surface area (Å²) in [5.74, 6) is 0. The maximum Gasteiger partial charge on any atom is 0.328 e. The summed E-state index contributed by atoms with van der Waals surface area (Å²) < 4.78 is 1.78. The largest absolute Gasteiger partial charge is 0.396 e. The van der Waals surface area contributed by atoms with Crippen molar-refractivity contribution in [2.75, 3.05) is 13.2 Å². The highest BCUT2D eigenvalue weighted by molar-refractivity contribution is 14.1. The van der Waals surface area contributed by atoms with Crippen LogP contribution in [0.2, 0.25) is 0 Å². The number of halogens is 1. The Morgan fingerprint density at radius 1 is 1.50 bits per heavy atom. The number of H-pyrrole nitrogens is 1. The third-order valence-corrected chi connectivity index (χ3v) is 3.80. The van der Waals surface area contributed by atoms with E-state index in [-0.39, 0.29) is 19.3 Å². The highest BCUT2D eigenvalue weighted by atomic mass is 127. The van der Waals surface area contributed by atoms with Crippen LogP contribution < -0.4 is 11.2 Å². The van der Waals surface area contributed by atoms with Gasteiger partial charge in [0.05, 0.1) is 16.8 Å². The van der Waals surface area contributed by atoms with Crippen molar-refractivity contribution in [3.05, 3.63) is 30.6 Å². The summed E-state index contributed by atoms with van der Waals surface area (Å²) in [7, 11) is 0. The molecular formula is C9H11IN2O4. The van der Waals surface area contributed by atoms with Crippen LogP contribution in [0.1, 0.15) is 12.5 Å². The monoisotopic (exact) mass is 338 g/mol. The summed E-state index contributed by atoms with van der Waals surface area (Å²) in [6.07, 6.45) is 2.00. The van der Waals surface area contributed by atoms with Crippen LogP contribution in [0, 0.1) is 8.99 Å². The van der Waals surface area contributed by atoms with Gasteiger partial charge in [0.1, 0.15) is 0 Å². The lowest BCUT2D eigenvalue weighted by Crippen LogP contribution is -2.32. The normalized spacial score (nSPS) is 22.1. The average Bonchev–Trinajstić information content (AvgIpc) is 2.98. The molecule has 1 aromatic heterocycles. The number of aromatic nitrogens is 2. The standard InChI is InChI=1S/C9H11IN2O4/c10-5-2-12(8(16)11-7(5)15)6-1-9(6,3-13)4-14/h2,6,13-14H,1,3-4H2,(H,11,15,16). The molecule has 0 aromatic carbocycles. The number of hydrogen-bond donors (Lipinski definition) is 3. The molecule has 0 saturated heterocycles. The molecule has 0 aliphatic heterocycles. The molecule has 1 saturated carbocycles. The van der Waals surface area contributed by atoms with Gasteiger partial charge in [0.15, 0.2) is 0 Å². The van der Waals surface area contributed by atoms with E-state index in [1.54, 1.807) is 0 Å². The third-order valence-electron chi connectivity index (χ3n) is 3.04. The van der Waals surface area contributed by atoms with Crippen LogP contribution in [0.15, 0.2) is 15.8 Å². The van der Waals surface area contributed by atoms with Gasteiger partial charge in [-0.1, -0.05) is 0 Å². The van der Waals surface area contributed by atoms with Crippen LogP contribution in [-0.4, -0.2) is 33.0 Å². The Bertz CT molecular complexity index is 517. The lowest BCUT2D eigenvalue weighted by Gasteiger charge is -2.11. The van der Waals surface area contributed by atoms with Crippen molar-refractivity contribution in [3.8, 4) is 0 Å². The molecule has 1 heterocycles. The highest BCUT2D eigenvalue weighted by Crippen LogP contribution is 2.54. The fourth-order valence-corrected chi connectivity index (χ4v) is 2.24. The molecule has 0 spiro atoms. The maximum absolute atomic E-state index is 11.5. The van der Waals surface area contributed by atoms with Crippen molar-refractivity contribution in [2.45, 2.75) is 12.5 Å². The number of nitrogens with zero attached hydrogens (tertiary/aromatic N) is 1. The number of aliphatic hydroxyl groups is 2. The third kappa shape index (κ3) is 1.72. The Labute approximate surface area is 104 Å². The van der Waals surface area contributed by atoms with Gasteiger partial charge in [0.25, 0.3) is 5.56 Å². The summed E-state index contributed by atoms with van der Waals surface area (Å²) in [6, 6.07) is -0.236. The Morgan fingerprint density at radius 2 is 2.12 bits per heavy atom. The van der Waals surface area contributed by atoms with E-state index >= 15 is 0 Å². The molecule has 88 valence electrons. The summed E-state index contributed by atoms with van der Waals surface area (Å²) in [4.78, 5) is 24.9. The van der Waals surface area contributed by atoms with Crippen LogP contribution >= 0.6 is 22.6 Å². The van der Waals surface area contributed by atoms with Gasteiger partial charge < -0.3 is 10.2 Å². The van der Waals surface area contributed by atoms with Crippen molar-refractivity contribution in [1.29, 1.82) is 0 Å². The van der Waals surface area contributed by atoms with Crippen molar-refractivity contribution < 1.29 is 10.2 Å². The van der Waals surface area contributed by atoms with Gasteiger partial charge in [-0.3, -0.25) is 14.3 Å². The Morgan fingerprint density at radius 3 is 2.62 bits per heavy atom. The fraction of sp³-hybridized carbons (Fsp3) is 0.556. The van der Waals surface area contributed by atoms with E-state index in [2.05, 4.69) is 4.98 Å². The van der Waals surface area contributed by atoms with E-state index in [9.17, 15) is 9.59 Å². The molecule has 0 bridgehead atoms. The number of hydrogen-bond acceptors (Lipinski definition) is 4. The molecule has 6 nitrogen and oxygen atoms in total. The van der Waals surface area contributed by atoms with Gasteiger partial charge in [-0.25, -0.2) is 4.79 Å². The van der Waals surface area contributed by atoms with Gasteiger partial charge in [-0.05, 0) is 29.0 Å². The average molecular weight is 338 g/mol. The number of nitrogens with one attached hydrogen (secondary N) is 1. The quantitative estimate of drug-likeness (QED) is 0.620. The van der Waals surface area contributed by atoms with Crippen molar-refractivity contribution >= 4 is 22.6 Å². The van der Waals surface area contributed by atoms with E-state index in [0.717, 1.165) is 0 Å². The second-order valence-corrected chi connectivity index (χ2v) is 5.20. The SMILES string of the molecule is O=c1[nH]c(=O)n(C2CC2(CO)CO)cc1I. The molecule has 0 radical (unpaired) electrons. The van der Waals surface area contributed by atoms with E-state index < -0.39 is 16.7 Å². The fourth-order valence-electron chi connectivity index (χ4n) is 1.80. The van der Waals surface area contributed by atoms with Crippen molar-refractivity contribution in [1.82, 2.24) is 9.55 Å². The molecule has 3 N–H and O–H groups in total. The first-order chi connectivity index (χ1) is 7.54. The minimum Gasteiger partial charge on any atom is -0.396 e. The van der Waals surface area contributed by atoms with Crippen LogP contribution in [-0.2, 0) is 0 Å². The molecule has 1 fully saturated rings. The van der Waals surface area contributed by atoms with Gasteiger partial charge in [0, 0.05) is 17.7 Å². The predicted octanol–water partition coefficient (Wildman–Crippen LogP) is -0.943. The Hall–Kier alpha value is -0.670. The van der Waals surface area contributed by atoms with Gasteiger partial charge in [-0.15, -0.1) is 0 Å². The minimum absolute atomic E-state index is 0.170. The zero-order chi connectivity index (χ0) is 11.9. The second kappa shape index (κ2) is 3.97. The Kier molecular flexibility index (Phi) is 2.93. The van der Waals surface area contributed by atoms with Crippen molar-refractivity contribution in [2.24, 2.45) is 5.41 Å². The number of rotatable bonds is 3. The zero-order valence-electron chi connectivity index (χ0n) is 8.31. The van der Waals surface area contributed by atoms with E-state index in [1.165, 1.54) is 10.8 Å². The van der Waals surface area contributed by atoms with Crippen LogP contribution in [0.5, 0.6) is 0 Å². The lowest BCUT2D eigenvalue weighted by atomic mass is 10.1. The molecule has 1 atom stereocenters. The summed E-state index contributed by atoms with van der Waals surface area (Å²) >= 11 is 1.84. The van der Waals surface area contributed by atoms with Crippen LogP contribution in [0.25, 0.3) is 0 Å². The molecule has 1 aliphatic rings. The summed E-state index contributed by atoms with van der Waals surface area (Å²) in [5.41, 5.74) is -1.54. The molecule has 1 aromatic rings. The molecule has 0 amide bonds. The zero-order valence-corrected chi connectivity index (χ0v) is 10.5. The van der Waals surface area contributed by atoms with E-state index in [4.69, 9.17) is 10.2 Å². The molecular weight excluding hydrogens is 327 g/mol.